The summed E-state index contributed by atoms with van der Waals surface area (Å²) in [5, 5.41) is 13.6. The maximum absolute atomic E-state index is 12.4. The van der Waals surface area contributed by atoms with E-state index in [1.807, 2.05) is 6.92 Å². The molecule has 0 unspecified atom stereocenters. The van der Waals surface area contributed by atoms with Gasteiger partial charge in [-0.05, 0) is 42.8 Å². The van der Waals surface area contributed by atoms with Crippen LogP contribution in [0.25, 0.3) is 0 Å². The number of rotatable bonds is 9. The standard InChI is InChI=1S/C22H22N4O6S/c1-3-31-18-10-14(11-23-26-22-25-20(28)13-33-22)8-9-17(18)32-12-19(27)24-16-7-5-4-6-15(16)21(29)30-2/h4-11H,3,12-13H2,1-2H3,(H,24,27)(H,25,26,28). The first-order chi connectivity index (χ1) is 16.0. The molecule has 0 saturated carbocycles. The van der Waals surface area contributed by atoms with Crippen molar-refractivity contribution in [1.82, 2.24) is 5.32 Å². The van der Waals surface area contributed by atoms with E-state index >= 15 is 0 Å². The molecule has 33 heavy (non-hydrogen) atoms. The number of nitrogens with zero attached hydrogens (tertiary/aromatic N) is 2. The lowest BCUT2D eigenvalue weighted by molar-refractivity contribution is -0.118. The molecule has 11 heteroatoms. The highest BCUT2D eigenvalue weighted by Crippen LogP contribution is 2.28. The molecule has 0 radical (unpaired) electrons. The number of hydrogen-bond donors (Lipinski definition) is 2. The summed E-state index contributed by atoms with van der Waals surface area (Å²) >= 11 is 1.28. The van der Waals surface area contributed by atoms with Gasteiger partial charge in [0, 0.05) is 0 Å². The summed E-state index contributed by atoms with van der Waals surface area (Å²) in [6.45, 7) is 1.92. The average Bonchev–Trinajstić information content (AvgIpc) is 3.23. The van der Waals surface area contributed by atoms with Crippen molar-refractivity contribution < 1.29 is 28.6 Å². The van der Waals surface area contributed by atoms with Gasteiger partial charge in [0.2, 0.25) is 5.91 Å². The maximum Gasteiger partial charge on any atom is 0.339 e. The molecular weight excluding hydrogens is 448 g/mol. The molecule has 0 aromatic heterocycles. The van der Waals surface area contributed by atoms with Crippen molar-refractivity contribution in [3.05, 3.63) is 53.6 Å². The molecule has 0 bridgehead atoms. The second-order valence-corrected chi connectivity index (χ2v) is 7.46. The van der Waals surface area contributed by atoms with E-state index in [9.17, 15) is 14.4 Å². The predicted octanol–water partition coefficient (Wildman–Crippen LogP) is 2.44. The van der Waals surface area contributed by atoms with Gasteiger partial charge in [-0.3, -0.25) is 9.59 Å². The number of nitrogens with one attached hydrogen (secondary N) is 2. The number of amides is 2. The second-order valence-electron chi connectivity index (χ2n) is 6.50. The quantitative estimate of drug-likeness (QED) is 0.327. The van der Waals surface area contributed by atoms with Crippen molar-refractivity contribution >= 4 is 46.6 Å². The first-order valence-corrected chi connectivity index (χ1v) is 10.9. The van der Waals surface area contributed by atoms with Crippen molar-refractivity contribution in [2.75, 3.05) is 31.4 Å². The number of carbonyl (C=O) groups excluding carboxylic acids is 3. The molecule has 2 aromatic carbocycles. The third-order valence-corrected chi connectivity index (χ3v) is 5.04. The van der Waals surface area contributed by atoms with Gasteiger partial charge in [-0.2, -0.15) is 5.10 Å². The summed E-state index contributed by atoms with van der Waals surface area (Å²) in [5.41, 5.74) is 1.26. The summed E-state index contributed by atoms with van der Waals surface area (Å²) in [6, 6.07) is 11.6. The van der Waals surface area contributed by atoms with Gasteiger partial charge in [0.1, 0.15) is 0 Å². The fraction of sp³-hybridized carbons (Fsp3) is 0.227. The number of hydrogen-bond acceptors (Lipinski definition) is 9. The zero-order chi connectivity index (χ0) is 23.6. The first kappa shape index (κ1) is 23.8. The number of para-hydroxylation sites is 1. The summed E-state index contributed by atoms with van der Waals surface area (Å²) in [7, 11) is 1.27. The van der Waals surface area contributed by atoms with Gasteiger partial charge in [-0.25, -0.2) is 4.79 Å². The fourth-order valence-corrected chi connectivity index (χ4v) is 3.36. The van der Waals surface area contributed by atoms with Crippen molar-refractivity contribution in [2.24, 2.45) is 10.2 Å². The van der Waals surface area contributed by atoms with Crippen LogP contribution in [0, 0.1) is 0 Å². The van der Waals surface area contributed by atoms with Crippen molar-refractivity contribution in [3.63, 3.8) is 0 Å². The monoisotopic (exact) mass is 470 g/mol. The Balaban J connectivity index is 1.64. The molecule has 2 N–H and O–H groups in total. The zero-order valence-electron chi connectivity index (χ0n) is 18.0. The predicted molar refractivity (Wildman–Crippen MR) is 125 cm³/mol. The van der Waals surface area contributed by atoms with Crippen LogP contribution in [-0.2, 0) is 14.3 Å². The molecule has 0 spiro atoms. The topological polar surface area (TPSA) is 128 Å². The van der Waals surface area contributed by atoms with Crippen LogP contribution in [0.1, 0.15) is 22.8 Å². The van der Waals surface area contributed by atoms with E-state index in [1.165, 1.54) is 25.1 Å². The van der Waals surface area contributed by atoms with Gasteiger partial charge < -0.3 is 24.8 Å². The summed E-state index contributed by atoms with van der Waals surface area (Å²) in [6.07, 6.45) is 1.51. The molecule has 10 nitrogen and oxygen atoms in total. The van der Waals surface area contributed by atoms with Crippen LogP contribution in [0.3, 0.4) is 0 Å². The fourth-order valence-electron chi connectivity index (χ4n) is 2.73. The number of esters is 1. The van der Waals surface area contributed by atoms with Gasteiger partial charge in [0.25, 0.3) is 5.91 Å². The van der Waals surface area contributed by atoms with Crippen LogP contribution in [0.5, 0.6) is 11.5 Å². The number of benzene rings is 2. The third kappa shape index (κ3) is 6.81. The lowest BCUT2D eigenvalue weighted by Crippen LogP contribution is -2.22. The highest BCUT2D eigenvalue weighted by atomic mass is 32.2. The van der Waals surface area contributed by atoms with Crippen LogP contribution in [-0.4, -0.2) is 55.2 Å². The van der Waals surface area contributed by atoms with E-state index in [0.717, 1.165) is 0 Å². The molecule has 1 aliphatic rings. The van der Waals surface area contributed by atoms with Crippen LogP contribution >= 0.6 is 11.8 Å². The average molecular weight is 471 g/mol. The molecule has 2 aromatic rings. The van der Waals surface area contributed by atoms with Crippen LogP contribution in [0.2, 0.25) is 0 Å². The Labute approximate surface area is 194 Å². The van der Waals surface area contributed by atoms with Gasteiger partial charge in [-0.15, -0.1) is 5.10 Å². The molecule has 3 rings (SSSR count). The molecule has 1 fully saturated rings. The second kappa shape index (κ2) is 11.7. The number of amidine groups is 1. The Morgan fingerprint density at radius 3 is 2.73 bits per heavy atom. The minimum atomic E-state index is -0.554. The molecule has 172 valence electrons. The van der Waals surface area contributed by atoms with Crippen LogP contribution < -0.4 is 20.1 Å². The number of ether oxygens (including phenoxy) is 3. The zero-order valence-corrected chi connectivity index (χ0v) is 18.8. The normalized spacial score (nSPS) is 14.2. The Bertz CT molecular complexity index is 1100. The molecule has 0 aliphatic carbocycles. The number of thioether (sulfide) groups is 1. The van der Waals surface area contributed by atoms with E-state index < -0.39 is 11.9 Å². The SMILES string of the molecule is CCOc1cc(C=NN=C2NC(=O)CS2)ccc1OCC(=O)Nc1ccccc1C(=O)OC. The number of anilines is 1. The number of carbonyl (C=O) groups is 3. The molecule has 0 atom stereocenters. The van der Waals surface area contributed by atoms with E-state index in [0.29, 0.717) is 40.3 Å². The Hall–Kier alpha value is -3.86. The summed E-state index contributed by atoms with van der Waals surface area (Å²) in [5.74, 6) is 0.0206. The van der Waals surface area contributed by atoms with Crippen LogP contribution in [0.4, 0.5) is 5.69 Å². The Morgan fingerprint density at radius 1 is 1.18 bits per heavy atom. The highest BCUT2D eigenvalue weighted by Gasteiger charge is 2.16. The first-order valence-electron chi connectivity index (χ1n) is 9.90. The van der Waals surface area contributed by atoms with E-state index in [1.54, 1.807) is 42.5 Å². The summed E-state index contributed by atoms with van der Waals surface area (Å²) in [4.78, 5) is 35.4. The smallest absolute Gasteiger partial charge is 0.339 e. The van der Waals surface area contributed by atoms with Crippen molar-refractivity contribution in [3.8, 4) is 11.5 Å². The van der Waals surface area contributed by atoms with Gasteiger partial charge >= 0.3 is 5.97 Å². The van der Waals surface area contributed by atoms with Gasteiger partial charge in [-0.1, -0.05) is 23.9 Å². The molecular formula is C22H22N4O6S. The van der Waals surface area contributed by atoms with Crippen molar-refractivity contribution in [1.29, 1.82) is 0 Å². The summed E-state index contributed by atoms with van der Waals surface area (Å²) < 4.78 is 16.0. The molecule has 1 heterocycles. The van der Waals surface area contributed by atoms with Gasteiger partial charge in [0.15, 0.2) is 23.3 Å². The van der Waals surface area contributed by atoms with E-state index in [4.69, 9.17) is 14.2 Å². The minimum absolute atomic E-state index is 0.105. The largest absolute Gasteiger partial charge is 0.490 e. The van der Waals surface area contributed by atoms with E-state index in [2.05, 4.69) is 20.8 Å². The minimum Gasteiger partial charge on any atom is -0.490 e. The Kier molecular flexibility index (Phi) is 8.42. The lowest BCUT2D eigenvalue weighted by Gasteiger charge is -2.13. The third-order valence-electron chi connectivity index (χ3n) is 4.17. The van der Waals surface area contributed by atoms with Crippen LogP contribution in [0.15, 0.2) is 52.7 Å². The Morgan fingerprint density at radius 2 is 2.00 bits per heavy atom. The van der Waals surface area contributed by atoms with Gasteiger partial charge in [0.05, 0.1) is 36.9 Å². The lowest BCUT2D eigenvalue weighted by atomic mass is 10.2. The highest BCUT2D eigenvalue weighted by molar-refractivity contribution is 8.15. The number of methoxy groups -OCH3 is 1. The van der Waals surface area contributed by atoms with E-state index in [-0.39, 0.29) is 18.1 Å². The van der Waals surface area contributed by atoms with Crippen molar-refractivity contribution in [2.45, 2.75) is 6.92 Å². The molecule has 1 aliphatic heterocycles. The molecule has 2 amide bonds. The molecule has 1 saturated heterocycles. The maximum atomic E-state index is 12.4.